The van der Waals surface area contributed by atoms with Gasteiger partial charge in [0.2, 0.25) is 11.8 Å². The highest BCUT2D eigenvalue weighted by Gasteiger charge is 2.64. The van der Waals surface area contributed by atoms with Crippen LogP contribution in [0.25, 0.3) is 10.8 Å². The minimum Gasteiger partial charge on any atom is -0.298 e. The Morgan fingerprint density at radius 1 is 0.871 bits per heavy atom. The van der Waals surface area contributed by atoms with Gasteiger partial charge in [0.1, 0.15) is 6.04 Å². The van der Waals surface area contributed by atoms with Crippen LogP contribution in [0.5, 0.6) is 0 Å². The number of carbonyl (C=O) groups is 3. The zero-order chi connectivity index (χ0) is 21.3. The van der Waals surface area contributed by atoms with Gasteiger partial charge >= 0.3 is 0 Å². The Labute approximate surface area is 178 Å². The SMILES string of the molecule is CC(=O)[C@@H]1[C@@H]2C(=O)N(c3ccc4ccccc4c3)C(=O)[C@@H]2[C@H]2c3ccccc3C=NN12. The lowest BCUT2D eigenvalue weighted by molar-refractivity contribution is -0.129. The topological polar surface area (TPSA) is 70.0 Å². The third-order valence-electron chi connectivity index (χ3n) is 6.70. The van der Waals surface area contributed by atoms with Crippen molar-refractivity contribution in [3.05, 3.63) is 77.9 Å². The molecule has 3 aliphatic heterocycles. The number of hydrogen-bond donors (Lipinski definition) is 0. The third kappa shape index (κ3) is 2.39. The average molecular weight is 409 g/mol. The van der Waals surface area contributed by atoms with E-state index in [9.17, 15) is 14.4 Å². The molecular formula is C25H19N3O3. The number of Topliss-reactive ketones (excluding diaryl/α,β-unsaturated/α-hetero) is 1. The van der Waals surface area contributed by atoms with E-state index in [2.05, 4.69) is 5.10 Å². The van der Waals surface area contributed by atoms with E-state index in [0.29, 0.717) is 5.69 Å². The van der Waals surface area contributed by atoms with Gasteiger partial charge in [0.15, 0.2) is 5.78 Å². The van der Waals surface area contributed by atoms with E-state index in [1.165, 1.54) is 11.8 Å². The molecule has 3 aromatic rings. The molecule has 3 aliphatic rings. The molecule has 6 nitrogen and oxygen atoms in total. The van der Waals surface area contributed by atoms with E-state index in [1.807, 2.05) is 60.7 Å². The van der Waals surface area contributed by atoms with E-state index in [-0.39, 0.29) is 17.6 Å². The molecule has 0 aromatic heterocycles. The molecule has 0 bridgehead atoms. The normalized spacial score (nSPS) is 26.2. The maximum Gasteiger partial charge on any atom is 0.240 e. The van der Waals surface area contributed by atoms with Crippen molar-refractivity contribution in [2.75, 3.05) is 4.90 Å². The second kappa shape index (κ2) is 6.35. The second-order valence-electron chi connectivity index (χ2n) is 8.35. The molecular weight excluding hydrogens is 390 g/mol. The van der Waals surface area contributed by atoms with Gasteiger partial charge < -0.3 is 0 Å². The van der Waals surface area contributed by atoms with Crippen LogP contribution in [0.3, 0.4) is 0 Å². The van der Waals surface area contributed by atoms with Crippen molar-refractivity contribution >= 4 is 40.3 Å². The van der Waals surface area contributed by atoms with E-state index < -0.39 is 23.9 Å². The number of carbonyl (C=O) groups excluding carboxylic acids is 3. The largest absolute Gasteiger partial charge is 0.298 e. The molecule has 0 unspecified atom stereocenters. The summed E-state index contributed by atoms with van der Waals surface area (Å²) in [5.41, 5.74) is 2.39. The summed E-state index contributed by atoms with van der Waals surface area (Å²) in [6.45, 7) is 1.47. The van der Waals surface area contributed by atoms with Gasteiger partial charge in [-0.05, 0) is 41.0 Å². The average Bonchev–Trinajstić information content (AvgIpc) is 3.26. The Bertz CT molecular complexity index is 1310. The summed E-state index contributed by atoms with van der Waals surface area (Å²) in [5, 5.41) is 8.15. The number of benzene rings is 3. The molecule has 31 heavy (non-hydrogen) atoms. The van der Waals surface area contributed by atoms with Gasteiger partial charge in [0.05, 0.1) is 29.8 Å². The lowest BCUT2D eigenvalue weighted by Crippen LogP contribution is -2.43. The summed E-state index contributed by atoms with van der Waals surface area (Å²) in [7, 11) is 0. The number of amides is 2. The predicted molar refractivity (Wildman–Crippen MR) is 117 cm³/mol. The maximum absolute atomic E-state index is 13.7. The molecule has 3 heterocycles. The van der Waals surface area contributed by atoms with Gasteiger partial charge in [-0.1, -0.05) is 54.6 Å². The number of imide groups is 1. The van der Waals surface area contributed by atoms with Crippen molar-refractivity contribution in [2.24, 2.45) is 16.9 Å². The van der Waals surface area contributed by atoms with Gasteiger partial charge in [-0.3, -0.25) is 19.4 Å². The minimum absolute atomic E-state index is 0.157. The first-order valence-corrected chi connectivity index (χ1v) is 10.3. The fraction of sp³-hybridized carbons (Fsp3) is 0.200. The number of fused-ring (bicyclic) bond motifs is 6. The van der Waals surface area contributed by atoms with Crippen molar-refractivity contribution in [1.29, 1.82) is 0 Å². The predicted octanol–water partition coefficient (Wildman–Crippen LogP) is 3.31. The first-order chi connectivity index (χ1) is 15.1. The standard InChI is InChI=1S/C25H19N3O3/c1-14(29)22-20-21(23-19-9-5-4-8-17(19)13-26-28(22)23)25(31)27(24(20)30)18-11-10-15-6-2-3-7-16(15)12-18/h2-13,20-23H,1H3/t20-,21+,22-,23-/m1/s1. The van der Waals surface area contributed by atoms with Crippen LogP contribution >= 0.6 is 0 Å². The number of hydrogen-bond acceptors (Lipinski definition) is 5. The molecule has 0 saturated carbocycles. The molecule has 6 heteroatoms. The summed E-state index contributed by atoms with van der Waals surface area (Å²) in [6.07, 6.45) is 1.71. The Hall–Kier alpha value is -3.80. The van der Waals surface area contributed by atoms with Crippen LogP contribution in [0.15, 0.2) is 71.8 Å². The zero-order valence-electron chi connectivity index (χ0n) is 16.8. The summed E-state index contributed by atoms with van der Waals surface area (Å²) in [6, 6.07) is 19.9. The third-order valence-corrected chi connectivity index (χ3v) is 6.70. The van der Waals surface area contributed by atoms with Gasteiger partial charge in [0, 0.05) is 0 Å². The molecule has 0 radical (unpaired) electrons. The number of rotatable bonds is 2. The van der Waals surface area contributed by atoms with Crippen LogP contribution in [0.1, 0.15) is 24.1 Å². The van der Waals surface area contributed by atoms with E-state index in [0.717, 1.165) is 21.9 Å². The molecule has 2 fully saturated rings. The Morgan fingerprint density at radius 2 is 1.58 bits per heavy atom. The summed E-state index contributed by atoms with van der Waals surface area (Å²) in [5.74, 6) is -2.14. The monoisotopic (exact) mass is 409 g/mol. The number of anilines is 1. The molecule has 2 amide bonds. The Morgan fingerprint density at radius 3 is 2.39 bits per heavy atom. The van der Waals surface area contributed by atoms with E-state index in [1.54, 1.807) is 17.3 Å². The second-order valence-corrected chi connectivity index (χ2v) is 8.35. The first kappa shape index (κ1) is 18.0. The van der Waals surface area contributed by atoms with Crippen LogP contribution in [0.2, 0.25) is 0 Å². The zero-order valence-corrected chi connectivity index (χ0v) is 16.8. The first-order valence-electron chi connectivity index (χ1n) is 10.3. The fourth-order valence-corrected chi connectivity index (χ4v) is 5.39. The van der Waals surface area contributed by atoms with E-state index >= 15 is 0 Å². The summed E-state index contributed by atoms with van der Waals surface area (Å²) >= 11 is 0. The molecule has 4 atom stereocenters. The molecule has 3 aromatic carbocycles. The van der Waals surface area contributed by atoms with Gasteiger partial charge in [0.25, 0.3) is 0 Å². The van der Waals surface area contributed by atoms with Crippen molar-refractivity contribution in [1.82, 2.24) is 5.01 Å². The summed E-state index contributed by atoms with van der Waals surface area (Å²) < 4.78 is 0. The minimum atomic E-state index is -0.749. The fourth-order valence-electron chi connectivity index (χ4n) is 5.39. The summed E-state index contributed by atoms with van der Waals surface area (Å²) in [4.78, 5) is 41.2. The lowest BCUT2D eigenvalue weighted by Gasteiger charge is -2.33. The van der Waals surface area contributed by atoms with Gasteiger partial charge in [-0.2, -0.15) is 5.10 Å². The number of hydrazone groups is 1. The van der Waals surface area contributed by atoms with Crippen LogP contribution in [-0.2, 0) is 14.4 Å². The number of nitrogens with zero attached hydrogens (tertiary/aromatic N) is 3. The molecule has 6 rings (SSSR count). The molecule has 152 valence electrons. The Kier molecular flexibility index (Phi) is 3.69. The van der Waals surface area contributed by atoms with Crippen LogP contribution in [0.4, 0.5) is 5.69 Å². The van der Waals surface area contributed by atoms with Crippen molar-refractivity contribution in [3.8, 4) is 0 Å². The van der Waals surface area contributed by atoms with Crippen molar-refractivity contribution in [2.45, 2.75) is 19.0 Å². The molecule has 0 aliphatic carbocycles. The molecule has 0 N–H and O–H groups in total. The highest BCUT2D eigenvalue weighted by atomic mass is 16.2. The van der Waals surface area contributed by atoms with Gasteiger partial charge in [-0.15, -0.1) is 0 Å². The smallest absolute Gasteiger partial charge is 0.240 e. The Balaban J connectivity index is 1.49. The van der Waals surface area contributed by atoms with Crippen LogP contribution in [0, 0.1) is 11.8 Å². The maximum atomic E-state index is 13.7. The van der Waals surface area contributed by atoms with Crippen LogP contribution < -0.4 is 4.90 Å². The highest BCUT2D eigenvalue weighted by molar-refractivity contribution is 6.24. The van der Waals surface area contributed by atoms with Crippen molar-refractivity contribution < 1.29 is 14.4 Å². The molecule has 2 saturated heterocycles. The lowest BCUT2D eigenvalue weighted by atomic mass is 9.84. The van der Waals surface area contributed by atoms with Crippen LogP contribution in [-0.4, -0.2) is 34.9 Å². The highest BCUT2D eigenvalue weighted by Crippen LogP contribution is 2.52. The number of ketones is 1. The van der Waals surface area contributed by atoms with Gasteiger partial charge in [-0.25, -0.2) is 4.90 Å². The van der Waals surface area contributed by atoms with E-state index in [4.69, 9.17) is 0 Å². The van der Waals surface area contributed by atoms with Crippen molar-refractivity contribution in [3.63, 3.8) is 0 Å². The molecule has 0 spiro atoms. The quantitative estimate of drug-likeness (QED) is 0.609.